The number of carbonyl (C=O) groups is 2. The molecule has 0 saturated carbocycles. The van der Waals surface area contributed by atoms with E-state index >= 15 is 0 Å². The fourth-order valence-electron chi connectivity index (χ4n) is 1.71. The fourth-order valence-corrected chi connectivity index (χ4v) is 2.52. The Bertz CT molecular complexity index is 664. The summed E-state index contributed by atoms with van der Waals surface area (Å²) in [5.74, 6) is -0.146. The highest BCUT2D eigenvalue weighted by atomic mass is 32.2. The molecular formula is C15H16N4O2S. The van der Waals surface area contributed by atoms with Gasteiger partial charge in [-0.3, -0.25) is 4.79 Å². The second-order valence-electron chi connectivity index (χ2n) is 4.49. The molecule has 3 amide bonds. The van der Waals surface area contributed by atoms with Gasteiger partial charge in [-0.05, 0) is 37.3 Å². The zero-order valence-corrected chi connectivity index (χ0v) is 12.8. The van der Waals surface area contributed by atoms with Crippen molar-refractivity contribution in [3.63, 3.8) is 0 Å². The number of hydrogen-bond donors (Lipinski definition) is 3. The topological polar surface area (TPSA) is 97.1 Å². The number of nitrogens with two attached hydrogens (primary N) is 1. The lowest BCUT2D eigenvalue weighted by Crippen LogP contribution is -2.23. The smallest absolute Gasteiger partial charge is 0.316 e. The Morgan fingerprint density at radius 1 is 1.14 bits per heavy atom. The molecule has 0 aliphatic heterocycles. The number of rotatable bonds is 5. The van der Waals surface area contributed by atoms with E-state index in [1.165, 1.54) is 11.8 Å². The summed E-state index contributed by atoms with van der Waals surface area (Å²) < 4.78 is 0. The number of amides is 3. The summed E-state index contributed by atoms with van der Waals surface area (Å²) in [7, 11) is 0. The van der Waals surface area contributed by atoms with Gasteiger partial charge >= 0.3 is 6.03 Å². The van der Waals surface area contributed by atoms with Crippen LogP contribution in [0, 0.1) is 0 Å². The standard InChI is InChI=1S/C15H16N4O2S/c1-10(22-13-7-2-3-8-17-13)14(20)18-11-5-4-6-12(9-11)19-15(16)21/h2-10H,1H3,(H,18,20)(H3,16,19,21)/t10-/m1/s1. The highest BCUT2D eigenvalue weighted by molar-refractivity contribution is 8.00. The molecule has 0 aliphatic carbocycles. The molecule has 2 aromatic rings. The Balaban J connectivity index is 1.97. The zero-order valence-electron chi connectivity index (χ0n) is 11.9. The molecule has 0 aliphatic rings. The summed E-state index contributed by atoms with van der Waals surface area (Å²) in [5, 5.41) is 5.74. The first-order valence-electron chi connectivity index (χ1n) is 6.59. The highest BCUT2D eigenvalue weighted by Crippen LogP contribution is 2.22. The number of hydrogen-bond acceptors (Lipinski definition) is 4. The average molecular weight is 316 g/mol. The van der Waals surface area contributed by atoms with Crippen LogP contribution in [0.5, 0.6) is 0 Å². The maximum atomic E-state index is 12.2. The van der Waals surface area contributed by atoms with Crippen molar-refractivity contribution in [2.24, 2.45) is 5.73 Å². The molecule has 2 rings (SSSR count). The maximum absolute atomic E-state index is 12.2. The van der Waals surface area contributed by atoms with Gasteiger partial charge in [-0.1, -0.05) is 23.9 Å². The monoisotopic (exact) mass is 316 g/mol. The summed E-state index contributed by atoms with van der Waals surface area (Å²) >= 11 is 1.37. The number of nitrogens with one attached hydrogen (secondary N) is 2. The molecule has 1 aromatic carbocycles. The van der Waals surface area contributed by atoms with Crippen LogP contribution in [-0.2, 0) is 4.79 Å². The molecule has 0 saturated heterocycles. The summed E-state index contributed by atoms with van der Waals surface area (Å²) in [6.45, 7) is 1.81. The van der Waals surface area contributed by atoms with Crippen LogP contribution in [0.3, 0.4) is 0 Å². The van der Waals surface area contributed by atoms with Gasteiger partial charge in [-0.2, -0.15) is 0 Å². The van der Waals surface area contributed by atoms with Crippen LogP contribution in [-0.4, -0.2) is 22.2 Å². The molecule has 6 nitrogen and oxygen atoms in total. The van der Waals surface area contributed by atoms with Crippen molar-refractivity contribution in [1.82, 2.24) is 4.98 Å². The van der Waals surface area contributed by atoms with E-state index in [1.807, 2.05) is 18.2 Å². The molecule has 1 atom stereocenters. The first-order valence-corrected chi connectivity index (χ1v) is 7.47. The zero-order chi connectivity index (χ0) is 15.9. The Hall–Kier alpha value is -2.54. The third-order valence-electron chi connectivity index (χ3n) is 2.70. The molecule has 1 heterocycles. The largest absolute Gasteiger partial charge is 0.351 e. The van der Waals surface area contributed by atoms with Gasteiger partial charge in [0.1, 0.15) is 0 Å². The van der Waals surface area contributed by atoms with Gasteiger partial charge in [0.15, 0.2) is 0 Å². The van der Waals surface area contributed by atoms with Gasteiger partial charge in [0, 0.05) is 17.6 Å². The van der Waals surface area contributed by atoms with Crippen LogP contribution in [0.25, 0.3) is 0 Å². The van der Waals surface area contributed by atoms with Gasteiger partial charge in [0.25, 0.3) is 0 Å². The molecule has 0 bridgehead atoms. The van der Waals surface area contributed by atoms with E-state index in [4.69, 9.17) is 5.73 Å². The van der Waals surface area contributed by atoms with Crippen molar-refractivity contribution in [3.8, 4) is 0 Å². The number of carbonyl (C=O) groups excluding carboxylic acids is 2. The highest BCUT2D eigenvalue weighted by Gasteiger charge is 2.15. The van der Waals surface area contributed by atoms with E-state index in [0.717, 1.165) is 5.03 Å². The van der Waals surface area contributed by atoms with Crippen molar-refractivity contribution in [3.05, 3.63) is 48.7 Å². The molecule has 7 heteroatoms. The van der Waals surface area contributed by atoms with E-state index in [1.54, 1.807) is 37.4 Å². The Morgan fingerprint density at radius 3 is 2.50 bits per heavy atom. The number of pyridine rings is 1. The Morgan fingerprint density at radius 2 is 1.86 bits per heavy atom. The molecule has 22 heavy (non-hydrogen) atoms. The molecule has 0 unspecified atom stereocenters. The number of nitrogens with zero attached hydrogens (tertiary/aromatic N) is 1. The van der Waals surface area contributed by atoms with Crippen molar-refractivity contribution >= 4 is 35.1 Å². The van der Waals surface area contributed by atoms with Crippen LogP contribution < -0.4 is 16.4 Å². The SMILES string of the molecule is C[C@@H](Sc1ccccn1)C(=O)Nc1cccc(NC(N)=O)c1. The predicted octanol–water partition coefficient (Wildman–Crippen LogP) is 2.69. The third-order valence-corrected chi connectivity index (χ3v) is 3.75. The second-order valence-corrected chi connectivity index (χ2v) is 5.85. The molecular weight excluding hydrogens is 300 g/mol. The van der Waals surface area contributed by atoms with E-state index in [0.29, 0.717) is 11.4 Å². The van der Waals surface area contributed by atoms with Crippen molar-refractivity contribution < 1.29 is 9.59 Å². The fraction of sp³-hybridized carbons (Fsp3) is 0.133. The first-order chi connectivity index (χ1) is 10.5. The number of aromatic nitrogens is 1. The number of thioether (sulfide) groups is 1. The molecule has 0 spiro atoms. The van der Waals surface area contributed by atoms with Gasteiger partial charge in [0.05, 0.1) is 10.3 Å². The predicted molar refractivity (Wildman–Crippen MR) is 87.8 cm³/mol. The first kappa shape index (κ1) is 15.8. The quantitative estimate of drug-likeness (QED) is 0.739. The number of anilines is 2. The van der Waals surface area contributed by atoms with Crippen molar-refractivity contribution in [2.45, 2.75) is 17.2 Å². The summed E-state index contributed by atoms with van der Waals surface area (Å²) in [6, 6.07) is 11.7. The third kappa shape index (κ3) is 4.78. The second kappa shape index (κ2) is 7.46. The minimum absolute atomic E-state index is 0.146. The van der Waals surface area contributed by atoms with Crippen LogP contribution in [0.1, 0.15) is 6.92 Å². The Labute approximate surface area is 132 Å². The molecule has 4 N–H and O–H groups in total. The normalized spacial score (nSPS) is 11.5. The lowest BCUT2D eigenvalue weighted by molar-refractivity contribution is -0.115. The van der Waals surface area contributed by atoms with Crippen LogP contribution in [0.15, 0.2) is 53.7 Å². The van der Waals surface area contributed by atoms with E-state index in [-0.39, 0.29) is 11.2 Å². The van der Waals surface area contributed by atoms with E-state index < -0.39 is 6.03 Å². The minimum Gasteiger partial charge on any atom is -0.351 e. The lowest BCUT2D eigenvalue weighted by Gasteiger charge is -2.12. The lowest BCUT2D eigenvalue weighted by atomic mass is 10.2. The summed E-state index contributed by atoms with van der Waals surface area (Å²) in [6.07, 6.45) is 1.69. The van der Waals surface area contributed by atoms with Gasteiger partial charge in [-0.15, -0.1) is 0 Å². The van der Waals surface area contributed by atoms with Crippen LogP contribution in [0.4, 0.5) is 16.2 Å². The molecule has 114 valence electrons. The molecule has 1 aromatic heterocycles. The van der Waals surface area contributed by atoms with Crippen LogP contribution in [0.2, 0.25) is 0 Å². The van der Waals surface area contributed by atoms with Crippen molar-refractivity contribution in [2.75, 3.05) is 10.6 Å². The Kier molecular flexibility index (Phi) is 5.37. The summed E-state index contributed by atoms with van der Waals surface area (Å²) in [5.41, 5.74) is 6.17. The summed E-state index contributed by atoms with van der Waals surface area (Å²) in [4.78, 5) is 27.2. The van der Waals surface area contributed by atoms with Crippen LogP contribution >= 0.6 is 11.8 Å². The number of benzene rings is 1. The van der Waals surface area contributed by atoms with Crippen molar-refractivity contribution in [1.29, 1.82) is 0 Å². The van der Waals surface area contributed by atoms with E-state index in [2.05, 4.69) is 15.6 Å². The number of urea groups is 1. The molecule has 0 fully saturated rings. The van der Waals surface area contributed by atoms with Gasteiger partial charge in [-0.25, -0.2) is 9.78 Å². The number of primary amides is 1. The minimum atomic E-state index is -0.650. The molecule has 0 radical (unpaired) electrons. The van der Waals surface area contributed by atoms with E-state index in [9.17, 15) is 9.59 Å². The van der Waals surface area contributed by atoms with Gasteiger partial charge < -0.3 is 16.4 Å². The maximum Gasteiger partial charge on any atom is 0.316 e. The average Bonchev–Trinajstić information content (AvgIpc) is 2.48. The van der Waals surface area contributed by atoms with Gasteiger partial charge in [0.2, 0.25) is 5.91 Å².